The summed E-state index contributed by atoms with van der Waals surface area (Å²) in [6.45, 7) is 12.1. The highest BCUT2D eigenvalue weighted by Gasteiger charge is 2.25. The molecule has 0 aliphatic carbocycles. The third-order valence-electron chi connectivity index (χ3n) is 3.29. The second kappa shape index (κ2) is 7.68. The van der Waals surface area contributed by atoms with Crippen LogP contribution in [-0.2, 0) is 4.74 Å². The van der Waals surface area contributed by atoms with Crippen LogP contribution in [0.2, 0.25) is 0 Å². The number of nitrogens with one attached hydrogen (secondary N) is 2. The maximum Gasteiger partial charge on any atom is 0.408 e. The van der Waals surface area contributed by atoms with Gasteiger partial charge >= 0.3 is 6.09 Å². The van der Waals surface area contributed by atoms with Gasteiger partial charge in [0.1, 0.15) is 11.4 Å². The van der Waals surface area contributed by atoms with Crippen LogP contribution in [0.4, 0.5) is 4.79 Å². The van der Waals surface area contributed by atoms with E-state index in [0.717, 1.165) is 11.3 Å². The van der Waals surface area contributed by atoms with Gasteiger partial charge in [-0.2, -0.15) is 0 Å². The summed E-state index contributed by atoms with van der Waals surface area (Å²) in [4.78, 5) is 11.9. The van der Waals surface area contributed by atoms with Gasteiger partial charge in [0, 0.05) is 18.2 Å². The Morgan fingerprint density at radius 2 is 1.78 bits per heavy atom. The van der Waals surface area contributed by atoms with E-state index in [9.17, 15) is 4.79 Å². The van der Waals surface area contributed by atoms with Gasteiger partial charge in [-0.05, 0) is 47.6 Å². The highest BCUT2D eigenvalue weighted by atomic mass is 16.6. The standard InChI is InChI=1S/C18H30N2O3/c1-13(14-10-8-9-11-15(14)22-7)19-12-18(5,6)20-16(21)23-17(2,3)4/h8-11,13,19H,12H2,1-7H3,(H,20,21). The third-order valence-corrected chi connectivity index (χ3v) is 3.29. The lowest BCUT2D eigenvalue weighted by Crippen LogP contribution is -2.51. The average Bonchev–Trinajstić information content (AvgIpc) is 2.42. The summed E-state index contributed by atoms with van der Waals surface area (Å²) in [7, 11) is 1.67. The number of hydrogen-bond acceptors (Lipinski definition) is 4. The largest absolute Gasteiger partial charge is 0.496 e. The molecule has 1 rings (SSSR count). The Balaban J connectivity index is 2.60. The first-order valence-corrected chi connectivity index (χ1v) is 7.91. The molecular formula is C18H30N2O3. The molecule has 0 spiro atoms. The SMILES string of the molecule is COc1ccccc1C(C)NCC(C)(C)NC(=O)OC(C)(C)C. The summed E-state index contributed by atoms with van der Waals surface area (Å²) in [6.07, 6.45) is -0.408. The predicted molar refractivity (Wildman–Crippen MR) is 92.9 cm³/mol. The second-order valence-electron chi connectivity index (χ2n) is 7.36. The van der Waals surface area contributed by atoms with Crippen molar-refractivity contribution in [1.82, 2.24) is 10.6 Å². The Morgan fingerprint density at radius 3 is 2.35 bits per heavy atom. The minimum Gasteiger partial charge on any atom is -0.496 e. The fraction of sp³-hybridized carbons (Fsp3) is 0.611. The number of ether oxygens (including phenoxy) is 2. The molecule has 1 aromatic rings. The van der Waals surface area contributed by atoms with Crippen LogP contribution in [0.25, 0.3) is 0 Å². The molecule has 1 amide bonds. The summed E-state index contributed by atoms with van der Waals surface area (Å²) >= 11 is 0. The molecule has 130 valence electrons. The number of carbonyl (C=O) groups excluding carboxylic acids is 1. The van der Waals surface area contributed by atoms with E-state index in [1.54, 1.807) is 7.11 Å². The van der Waals surface area contributed by atoms with Crippen LogP contribution in [0.15, 0.2) is 24.3 Å². The molecule has 0 saturated heterocycles. The molecule has 0 heterocycles. The molecule has 0 aliphatic heterocycles. The summed E-state index contributed by atoms with van der Waals surface area (Å²) in [5.41, 5.74) is 0.153. The number of methoxy groups -OCH3 is 1. The topological polar surface area (TPSA) is 59.6 Å². The second-order valence-corrected chi connectivity index (χ2v) is 7.36. The van der Waals surface area contributed by atoms with Crippen molar-refractivity contribution in [2.45, 2.75) is 58.7 Å². The fourth-order valence-corrected chi connectivity index (χ4v) is 2.17. The number of rotatable bonds is 6. The lowest BCUT2D eigenvalue weighted by atomic mass is 10.0. The zero-order chi connectivity index (χ0) is 17.7. The molecular weight excluding hydrogens is 292 g/mol. The van der Waals surface area contributed by atoms with Crippen molar-refractivity contribution in [2.75, 3.05) is 13.7 Å². The highest BCUT2D eigenvalue weighted by Crippen LogP contribution is 2.24. The maximum absolute atomic E-state index is 11.9. The molecule has 1 unspecified atom stereocenters. The Bertz CT molecular complexity index is 521. The van der Waals surface area contributed by atoms with Crippen molar-refractivity contribution in [1.29, 1.82) is 0 Å². The molecule has 2 N–H and O–H groups in total. The van der Waals surface area contributed by atoms with Crippen LogP contribution < -0.4 is 15.4 Å². The first-order chi connectivity index (χ1) is 10.5. The van der Waals surface area contributed by atoms with Crippen LogP contribution in [0.5, 0.6) is 5.75 Å². The summed E-state index contributed by atoms with van der Waals surface area (Å²) < 4.78 is 10.7. The molecule has 0 aliphatic rings. The summed E-state index contributed by atoms with van der Waals surface area (Å²) in [5.74, 6) is 0.852. The Labute approximate surface area is 139 Å². The average molecular weight is 322 g/mol. The van der Waals surface area contributed by atoms with E-state index in [-0.39, 0.29) is 6.04 Å². The first kappa shape index (κ1) is 19.3. The van der Waals surface area contributed by atoms with Crippen LogP contribution in [0, 0.1) is 0 Å². The predicted octanol–water partition coefficient (Wildman–Crippen LogP) is 3.65. The van der Waals surface area contributed by atoms with Gasteiger partial charge in [0.15, 0.2) is 0 Å². The number of alkyl carbamates (subject to hydrolysis) is 1. The lowest BCUT2D eigenvalue weighted by molar-refractivity contribution is 0.0471. The smallest absolute Gasteiger partial charge is 0.408 e. The van der Waals surface area contributed by atoms with Gasteiger partial charge in [-0.25, -0.2) is 4.79 Å². The quantitative estimate of drug-likeness (QED) is 0.839. The van der Waals surface area contributed by atoms with E-state index >= 15 is 0 Å². The van der Waals surface area contributed by atoms with Gasteiger partial charge in [-0.15, -0.1) is 0 Å². The lowest BCUT2D eigenvalue weighted by Gasteiger charge is -2.30. The van der Waals surface area contributed by atoms with Crippen molar-refractivity contribution in [3.8, 4) is 5.75 Å². The molecule has 0 bridgehead atoms. The van der Waals surface area contributed by atoms with Gasteiger partial charge < -0.3 is 20.1 Å². The van der Waals surface area contributed by atoms with Crippen LogP contribution in [0.3, 0.4) is 0 Å². The van der Waals surface area contributed by atoms with E-state index < -0.39 is 17.2 Å². The van der Waals surface area contributed by atoms with Crippen LogP contribution in [0.1, 0.15) is 53.1 Å². The van der Waals surface area contributed by atoms with Crippen molar-refractivity contribution in [3.63, 3.8) is 0 Å². The van der Waals surface area contributed by atoms with E-state index in [1.165, 1.54) is 0 Å². The van der Waals surface area contributed by atoms with Gasteiger partial charge in [0.2, 0.25) is 0 Å². The van der Waals surface area contributed by atoms with Crippen molar-refractivity contribution in [2.24, 2.45) is 0 Å². The van der Waals surface area contributed by atoms with Gasteiger partial charge in [0.05, 0.1) is 12.6 Å². The molecule has 0 fully saturated rings. The number of benzene rings is 1. The van der Waals surface area contributed by atoms with E-state index in [4.69, 9.17) is 9.47 Å². The Hall–Kier alpha value is -1.75. The monoisotopic (exact) mass is 322 g/mol. The zero-order valence-corrected chi connectivity index (χ0v) is 15.3. The maximum atomic E-state index is 11.9. The van der Waals surface area contributed by atoms with E-state index in [0.29, 0.717) is 6.54 Å². The molecule has 0 radical (unpaired) electrons. The number of amides is 1. The molecule has 5 nitrogen and oxygen atoms in total. The number of para-hydroxylation sites is 1. The van der Waals surface area contributed by atoms with Crippen LogP contribution >= 0.6 is 0 Å². The first-order valence-electron chi connectivity index (χ1n) is 7.91. The molecule has 1 atom stereocenters. The number of hydrogen-bond donors (Lipinski definition) is 2. The zero-order valence-electron chi connectivity index (χ0n) is 15.3. The molecule has 5 heteroatoms. The van der Waals surface area contributed by atoms with E-state index in [1.807, 2.05) is 58.9 Å². The minimum atomic E-state index is -0.502. The summed E-state index contributed by atoms with van der Waals surface area (Å²) in [5, 5.41) is 6.33. The highest BCUT2D eigenvalue weighted by molar-refractivity contribution is 5.68. The van der Waals surface area contributed by atoms with Gasteiger partial charge in [-0.3, -0.25) is 0 Å². The molecule has 1 aromatic carbocycles. The number of carbonyl (C=O) groups is 1. The summed E-state index contributed by atoms with van der Waals surface area (Å²) in [6, 6.07) is 8.01. The molecule has 23 heavy (non-hydrogen) atoms. The Morgan fingerprint density at radius 1 is 1.17 bits per heavy atom. The fourth-order valence-electron chi connectivity index (χ4n) is 2.17. The molecule has 0 saturated carbocycles. The normalized spacial score (nSPS) is 13.3. The minimum absolute atomic E-state index is 0.103. The van der Waals surface area contributed by atoms with Crippen molar-refractivity contribution in [3.05, 3.63) is 29.8 Å². The van der Waals surface area contributed by atoms with E-state index in [2.05, 4.69) is 17.6 Å². The van der Waals surface area contributed by atoms with Gasteiger partial charge in [-0.1, -0.05) is 18.2 Å². The van der Waals surface area contributed by atoms with Crippen LogP contribution in [-0.4, -0.2) is 30.9 Å². The molecule has 0 aromatic heterocycles. The van der Waals surface area contributed by atoms with Crippen molar-refractivity contribution >= 4 is 6.09 Å². The third kappa shape index (κ3) is 6.91. The Kier molecular flexibility index (Phi) is 6.45. The van der Waals surface area contributed by atoms with Crippen molar-refractivity contribution < 1.29 is 14.3 Å². The van der Waals surface area contributed by atoms with Gasteiger partial charge in [0.25, 0.3) is 0 Å².